The molecule has 74 heavy (non-hydrogen) atoms. The van der Waals surface area contributed by atoms with E-state index in [4.69, 9.17) is 19.4 Å². The molecule has 4 N–H and O–H groups in total. The van der Waals surface area contributed by atoms with Crippen LogP contribution >= 0.6 is 0 Å². The number of rotatable bonds is 12. The molecule has 14 rings (SSSR count). The lowest BCUT2D eigenvalue weighted by atomic mass is 9.85. The van der Waals surface area contributed by atoms with Gasteiger partial charge in [0.25, 0.3) is 0 Å². The molecule has 4 heterocycles. The number of alkyl carbamates (subject to hydrolysis) is 2. The predicted octanol–water partition coefficient (Wildman–Crippen LogP) is 11.0. The number of imidazole rings is 2. The van der Waals surface area contributed by atoms with E-state index in [1.165, 1.54) is 69.9 Å². The van der Waals surface area contributed by atoms with Gasteiger partial charge in [0, 0.05) is 13.1 Å². The first-order chi connectivity index (χ1) is 35.6. The number of aryl methyl sites for hydroxylation is 4. The molecule has 2 saturated carbocycles. The van der Waals surface area contributed by atoms with Crippen molar-refractivity contribution in [3.05, 3.63) is 106 Å². The van der Waals surface area contributed by atoms with Crippen LogP contribution in [0.2, 0.25) is 0 Å². The molecule has 4 bridgehead atoms. The van der Waals surface area contributed by atoms with E-state index >= 15 is 0 Å². The van der Waals surface area contributed by atoms with Gasteiger partial charge < -0.3 is 39.9 Å². The van der Waals surface area contributed by atoms with Gasteiger partial charge in [0.2, 0.25) is 11.8 Å². The molecule has 4 fully saturated rings. The standard InChI is InChI=1S/C60H72N8O6/c1-31(2)53(65-59(71)73-7)57(69)67-29-33(5)21-51(67)55-61-47-25-43(39-17-18-39)45(27-49(47)63-55)41-23-35-9-13-37(41)15-11-36-10-14-38(16-12-35)42(24-36)46-28-50-48(26-44(46)40-19-20-40)62-56(64-50)52-22-34(6)30-68(52)58(70)54(32(3)4)66-60(72)74-8/h9-10,13-14,23-28,31-34,39-40,51-54H,11-12,15-22,29-30H2,1-8H3,(H,61,63)(H,62,64)(H,65,71)(H,66,72)/t33-,34-,51+,52+,53+,54+/m1/s1. The van der Waals surface area contributed by atoms with Crippen LogP contribution in [0.15, 0.2) is 60.7 Å². The number of likely N-dealkylation sites (tertiary alicyclic amines) is 2. The first-order valence-electron chi connectivity index (χ1n) is 27.3. The fourth-order valence-corrected chi connectivity index (χ4v) is 12.3. The number of H-pyrrole nitrogens is 2. The van der Waals surface area contributed by atoms with Crippen LogP contribution in [-0.2, 0) is 44.7 Å². The minimum Gasteiger partial charge on any atom is -0.453 e. The highest BCUT2D eigenvalue weighted by Gasteiger charge is 2.42. The van der Waals surface area contributed by atoms with E-state index < -0.39 is 24.3 Å². The van der Waals surface area contributed by atoms with E-state index in [-0.39, 0.29) is 47.6 Å². The lowest BCUT2D eigenvalue weighted by Crippen LogP contribution is -2.51. The Balaban J connectivity index is 0.894. The molecule has 2 aromatic heterocycles. The maximum Gasteiger partial charge on any atom is 0.407 e. The van der Waals surface area contributed by atoms with Crippen molar-refractivity contribution in [2.45, 2.75) is 142 Å². The first-order valence-corrected chi connectivity index (χ1v) is 27.3. The second kappa shape index (κ2) is 19.9. The van der Waals surface area contributed by atoms with Crippen LogP contribution in [-0.4, -0.2) is 93.1 Å². The summed E-state index contributed by atoms with van der Waals surface area (Å²) in [5.41, 5.74) is 16.9. The number of fused-ring (bicyclic) bond motifs is 2. The average molecular weight is 1000 g/mol. The number of aromatic nitrogens is 4. The van der Waals surface area contributed by atoms with Crippen LogP contribution in [0.1, 0.15) is 149 Å². The molecule has 14 heteroatoms. The molecule has 0 radical (unpaired) electrons. The van der Waals surface area contributed by atoms with Crippen molar-refractivity contribution < 1.29 is 28.7 Å². The van der Waals surface area contributed by atoms with Gasteiger partial charge in [-0.2, -0.15) is 0 Å². The number of nitrogens with one attached hydrogen (secondary N) is 4. The fourth-order valence-electron chi connectivity index (χ4n) is 12.3. The normalized spacial score (nSPS) is 21.6. The molecule has 6 atom stereocenters. The molecule has 6 aliphatic carbocycles. The maximum absolute atomic E-state index is 14.2. The molecule has 0 spiro atoms. The zero-order valence-electron chi connectivity index (χ0n) is 44.3. The molecule has 8 aliphatic rings. The molecule has 0 unspecified atom stereocenters. The zero-order valence-corrected chi connectivity index (χ0v) is 44.3. The topological polar surface area (TPSA) is 175 Å². The van der Waals surface area contributed by atoms with Crippen molar-refractivity contribution in [2.75, 3.05) is 27.3 Å². The van der Waals surface area contributed by atoms with Crippen LogP contribution < -0.4 is 10.6 Å². The third-order valence-corrected chi connectivity index (χ3v) is 16.7. The van der Waals surface area contributed by atoms with E-state index in [9.17, 15) is 19.2 Å². The monoisotopic (exact) mass is 1000 g/mol. The van der Waals surface area contributed by atoms with Crippen molar-refractivity contribution >= 4 is 46.1 Å². The van der Waals surface area contributed by atoms with E-state index in [2.05, 4.69) is 95.1 Å². The average Bonchev–Trinajstić information content (AvgIpc) is 4.25. The van der Waals surface area contributed by atoms with Crippen molar-refractivity contribution in [1.29, 1.82) is 0 Å². The van der Waals surface area contributed by atoms with Crippen LogP contribution in [0.3, 0.4) is 0 Å². The molecule has 14 nitrogen and oxygen atoms in total. The second-order valence-corrected chi connectivity index (χ2v) is 23.1. The smallest absolute Gasteiger partial charge is 0.407 e. The Hall–Kier alpha value is -6.70. The lowest BCUT2D eigenvalue weighted by molar-refractivity contribution is -0.136. The van der Waals surface area contributed by atoms with E-state index in [0.29, 0.717) is 24.9 Å². The molecule has 2 aliphatic heterocycles. The summed E-state index contributed by atoms with van der Waals surface area (Å²) < 4.78 is 9.78. The lowest BCUT2D eigenvalue weighted by Gasteiger charge is -2.30. The summed E-state index contributed by atoms with van der Waals surface area (Å²) in [5, 5.41) is 5.58. The molecule has 2 saturated heterocycles. The summed E-state index contributed by atoms with van der Waals surface area (Å²) >= 11 is 0. The fraction of sp³-hybridized carbons (Fsp3) is 0.500. The van der Waals surface area contributed by atoms with Gasteiger partial charge in [0.15, 0.2) is 0 Å². The van der Waals surface area contributed by atoms with Crippen LogP contribution in [0.25, 0.3) is 44.3 Å². The summed E-state index contributed by atoms with van der Waals surface area (Å²) in [5.74, 6) is 2.65. The number of hydrogen-bond acceptors (Lipinski definition) is 8. The van der Waals surface area contributed by atoms with Crippen molar-refractivity contribution in [1.82, 2.24) is 40.4 Å². The number of hydrogen-bond donors (Lipinski definition) is 4. The quantitative estimate of drug-likeness (QED) is 0.0937. The third kappa shape index (κ3) is 9.65. The number of aromatic amines is 2. The molecule has 388 valence electrons. The first kappa shape index (κ1) is 49.5. The SMILES string of the molecule is COC(=O)N[C@H](C(=O)N1C[C@H](C)C[C@H]1c1nc2cc(-c3cc4ccc3CCc3ccc(c(-c5cc6nc([C@@H]7C[C@@H](C)CN7C(=O)[C@@H](NC(=O)OC)C(C)C)[nH]c6cc5C5CC5)c3)CC4)c(C3CC3)cc2[nH]1)C(C)C. The predicted molar refractivity (Wildman–Crippen MR) is 287 cm³/mol. The van der Waals surface area contributed by atoms with Crippen molar-refractivity contribution in [3.8, 4) is 22.3 Å². The number of ether oxygens (including phenoxy) is 2. The van der Waals surface area contributed by atoms with Crippen LogP contribution in [0.5, 0.6) is 0 Å². The zero-order chi connectivity index (χ0) is 51.7. The summed E-state index contributed by atoms with van der Waals surface area (Å²) in [7, 11) is 2.64. The Kier molecular flexibility index (Phi) is 13.3. The number of methoxy groups -OCH3 is 2. The molecule has 4 amide bonds. The Labute approximate surface area is 434 Å². The Bertz CT molecular complexity index is 2950. The van der Waals surface area contributed by atoms with Gasteiger partial charge >= 0.3 is 12.2 Å². The summed E-state index contributed by atoms with van der Waals surface area (Å²) in [6.45, 7) is 13.3. The Morgan fingerprint density at radius 3 is 1.34 bits per heavy atom. The summed E-state index contributed by atoms with van der Waals surface area (Å²) in [6.07, 6.45) is 8.55. The highest BCUT2D eigenvalue weighted by atomic mass is 16.5. The van der Waals surface area contributed by atoms with Crippen molar-refractivity contribution in [3.63, 3.8) is 0 Å². The van der Waals surface area contributed by atoms with Crippen molar-refractivity contribution in [2.24, 2.45) is 23.7 Å². The van der Waals surface area contributed by atoms with E-state index in [1.54, 1.807) is 0 Å². The summed E-state index contributed by atoms with van der Waals surface area (Å²) in [4.78, 5) is 74.6. The van der Waals surface area contributed by atoms with Gasteiger partial charge in [-0.3, -0.25) is 9.59 Å². The number of nitrogens with zero attached hydrogens (tertiary/aromatic N) is 4. The van der Waals surface area contributed by atoms with Crippen LogP contribution in [0, 0.1) is 23.7 Å². The number of carbonyl (C=O) groups excluding carboxylic acids is 4. The maximum atomic E-state index is 14.2. The summed E-state index contributed by atoms with van der Waals surface area (Å²) in [6, 6.07) is 21.7. The van der Waals surface area contributed by atoms with Gasteiger partial charge in [0.1, 0.15) is 23.7 Å². The number of amides is 4. The number of benzene rings is 4. The van der Waals surface area contributed by atoms with Gasteiger partial charge in [0.05, 0.1) is 48.4 Å². The van der Waals surface area contributed by atoms with Gasteiger partial charge in [-0.1, -0.05) is 77.9 Å². The molecular formula is C60H72N8O6. The molecule has 6 aromatic rings. The highest BCUT2D eigenvalue weighted by Crippen LogP contribution is 2.49. The Morgan fingerprint density at radius 2 is 0.973 bits per heavy atom. The largest absolute Gasteiger partial charge is 0.453 e. The highest BCUT2D eigenvalue weighted by molar-refractivity contribution is 5.90. The minimum absolute atomic E-state index is 0.114. The minimum atomic E-state index is -0.703. The van der Waals surface area contributed by atoms with Gasteiger partial charge in [-0.15, -0.1) is 0 Å². The molecule has 4 aromatic carbocycles. The second-order valence-electron chi connectivity index (χ2n) is 23.1. The third-order valence-electron chi connectivity index (χ3n) is 16.7. The van der Waals surface area contributed by atoms with E-state index in [1.807, 2.05) is 37.5 Å². The van der Waals surface area contributed by atoms with E-state index in [0.717, 1.165) is 97.9 Å². The number of carbonyl (C=O) groups is 4. The van der Waals surface area contributed by atoms with Gasteiger partial charge in [-0.25, -0.2) is 19.6 Å². The van der Waals surface area contributed by atoms with Gasteiger partial charge in [-0.05, 0) is 180 Å². The Morgan fingerprint density at radius 1 is 0.568 bits per heavy atom. The van der Waals surface area contributed by atoms with Crippen LogP contribution in [0.4, 0.5) is 9.59 Å². The molecular weight excluding hydrogens is 929 g/mol.